The van der Waals surface area contributed by atoms with Crippen LogP contribution in [0.2, 0.25) is 0 Å². The van der Waals surface area contributed by atoms with Crippen LogP contribution in [-0.2, 0) is 9.59 Å². The fourth-order valence-electron chi connectivity index (χ4n) is 3.08. The average Bonchev–Trinajstić information content (AvgIpc) is 2.76. The number of hydrogen-bond donors (Lipinski definition) is 3. The molecule has 1 rings (SSSR count). The van der Waals surface area contributed by atoms with Crippen molar-refractivity contribution in [3.8, 4) is 0 Å². The van der Waals surface area contributed by atoms with Crippen LogP contribution >= 0.6 is 0 Å². The molecule has 0 spiro atoms. The summed E-state index contributed by atoms with van der Waals surface area (Å²) < 4.78 is 0. The van der Waals surface area contributed by atoms with Crippen molar-refractivity contribution in [2.45, 2.75) is 72.5 Å². The lowest BCUT2D eigenvalue weighted by Crippen LogP contribution is -2.49. The Balaban J connectivity index is 3.43. The van der Waals surface area contributed by atoms with Crippen molar-refractivity contribution in [3.63, 3.8) is 0 Å². The van der Waals surface area contributed by atoms with Crippen molar-refractivity contribution >= 4 is 11.6 Å². The molecule has 5 heteroatoms. The molecule has 0 aromatic heterocycles. The van der Waals surface area contributed by atoms with E-state index in [2.05, 4.69) is 0 Å². The molecule has 1 aliphatic rings. The summed E-state index contributed by atoms with van der Waals surface area (Å²) in [5, 5.41) is 32.4. The second-order valence-electron chi connectivity index (χ2n) is 7.69. The van der Waals surface area contributed by atoms with Crippen molar-refractivity contribution in [2.75, 3.05) is 0 Å². The Hall–Kier alpha value is -1.72. The third-order valence-corrected chi connectivity index (χ3v) is 5.04. The van der Waals surface area contributed by atoms with Crippen LogP contribution < -0.4 is 0 Å². The number of allylic oxidation sites excluding steroid dienone is 4. The molecule has 0 fully saturated rings. The lowest BCUT2D eigenvalue weighted by molar-refractivity contribution is -0.134. The Bertz CT molecular complexity index is 647. The number of ketones is 2. The van der Waals surface area contributed by atoms with Crippen LogP contribution in [0.1, 0.15) is 60.8 Å². The minimum Gasteiger partial charge on any atom is -0.508 e. The second-order valence-corrected chi connectivity index (χ2v) is 7.69. The van der Waals surface area contributed by atoms with Gasteiger partial charge in [-0.1, -0.05) is 37.1 Å². The van der Waals surface area contributed by atoms with Gasteiger partial charge >= 0.3 is 0 Å². The highest BCUT2D eigenvalue weighted by Gasteiger charge is 2.58. The van der Waals surface area contributed by atoms with E-state index in [-0.39, 0.29) is 18.4 Å². The highest BCUT2D eigenvalue weighted by atomic mass is 16.4. The quantitative estimate of drug-likeness (QED) is 0.453. The molecule has 146 valence electrons. The molecule has 2 unspecified atom stereocenters. The molecule has 1 aliphatic carbocycles. The van der Waals surface area contributed by atoms with E-state index in [1.807, 2.05) is 34.6 Å². The van der Waals surface area contributed by atoms with Crippen molar-refractivity contribution in [3.05, 3.63) is 34.6 Å². The van der Waals surface area contributed by atoms with Gasteiger partial charge in [0.2, 0.25) is 0 Å². The van der Waals surface area contributed by atoms with Crippen LogP contribution in [0, 0.1) is 11.8 Å². The van der Waals surface area contributed by atoms with E-state index < -0.39 is 40.9 Å². The summed E-state index contributed by atoms with van der Waals surface area (Å²) in [6.45, 7) is 10.9. The number of Topliss-reactive ketones (excluding diaryl/α,β-unsaturated/α-hetero) is 2. The molecule has 0 bridgehead atoms. The molecule has 0 saturated heterocycles. The summed E-state index contributed by atoms with van der Waals surface area (Å²) >= 11 is 0. The van der Waals surface area contributed by atoms with Gasteiger partial charge in [-0.25, -0.2) is 0 Å². The summed E-state index contributed by atoms with van der Waals surface area (Å²) in [5.74, 6) is -3.29. The molecule has 3 N–H and O–H groups in total. The Kier molecular flexibility index (Phi) is 7.54. The van der Waals surface area contributed by atoms with Crippen LogP contribution in [-0.4, -0.2) is 38.6 Å². The first-order valence-corrected chi connectivity index (χ1v) is 9.17. The summed E-state index contributed by atoms with van der Waals surface area (Å²) in [5.41, 5.74) is -0.629. The van der Waals surface area contributed by atoms with E-state index in [9.17, 15) is 24.9 Å². The van der Waals surface area contributed by atoms with Crippen molar-refractivity contribution in [2.24, 2.45) is 11.8 Å². The lowest BCUT2D eigenvalue weighted by atomic mass is 9.80. The molecule has 0 aromatic rings. The Labute approximate surface area is 156 Å². The number of aliphatic hydroxyl groups excluding tert-OH is 2. The van der Waals surface area contributed by atoms with Crippen molar-refractivity contribution in [1.29, 1.82) is 0 Å². The van der Waals surface area contributed by atoms with Gasteiger partial charge in [-0.15, -0.1) is 0 Å². The monoisotopic (exact) mass is 364 g/mol. The average molecular weight is 364 g/mol. The van der Waals surface area contributed by atoms with Gasteiger partial charge < -0.3 is 15.3 Å². The zero-order chi connectivity index (χ0) is 20.2. The van der Waals surface area contributed by atoms with Crippen LogP contribution in [0.5, 0.6) is 0 Å². The van der Waals surface area contributed by atoms with Crippen molar-refractivity contribution in [1.82, 2.24) is 0 Å². The van der Waals surface area contributed by atoms with E-state index >= 15 is 0 Å². The fraction of sp³-hybridized carbons (Fsp3) is 0.619. The molecule has 0 radical (unpaired) electrons. The number of hydrogen-bond acceptors (Lipinski definition) is 5. The molecule has 0 saturated carbocycles. The first kappa shape index (κ1) is 22.3. The molecule has 0 heterocycles. The van der Waals surface area contributed by atoms with Crippen molar-refractivity contribution < 1.29 is 24.9 Å². The van der Waals surface area contributed by atoms with Crippen LogP contribution in [0.15, 0.2) is 34.6 Å². The Morgan fingerprint density at radius 2 is 1.73 bits per heavy atom. The van der Waals surface area contributed by atoms with Gasteiger partial charge in [0, 0.05) is 5.92 Å². The summed E-state index contributed by atoms with van der Waals surface area (Å²) in [4.78, 5) is 25.5. The summed E-state index contributed by atoms with van der Waals surface area (Å²) in [6, 6.07) is 0. The molecule has 0 aromatic carbocycles. The van der Waals surface area contributed by atoms with Gasteiger partial charge in [0.15, 0.2) is 17.2 Å². The molecule has 4 atom stereocenters. The molecular weight excluding hydrogens is 332 g/mol. The molecule has 26 heavy (non-hydrogen) atoms. The van der Waals surface area contributed by atoms with E-state index in [0.717, 1.165) is 11.1 Å². The predicted octanol–water partition coefficient (Wildman–Crippen LogP) is 3.42. The zero-order valence-electron chi connectivity index (χ0n) is 16.7. The van der Waals surface area contributed by atoms with Gasteiger partial charge in [-0.05, 0) is 47.0 Å². The van der Waals surface area contributed by atoms with Gasteiger partial charge in [0.1, 0.15) is 11.3 Å². The van der Waals surface area contributed by atoms with Gasteiger partial charge in [0.05, 0.1) is 12.0 Å². The number of carbonyl (C=O) groups is 2. The minimum absolute atomic E-state index is 0.0757. The SMILES string of the molecule is CCC(C)C(=O)C1=C(O)C(O)([C@@H](O)CC=C(C)C)[C@H](CC=C(C)C)C1=O. The lowest BCUT2D eigenvalue weighted by Gasteiger charge is -2.33. The van der Waals surface area contributed by atoms with E-state index in [1.165, 1.54) is 0 Å². The van der Waals surface area contributed by atoms with Gasteiger partial charge in [-0.3, -0.25) is 9.59 Å². The van der Waals surface area contributed by atoms with E-state index in [0.29, 0.717) is 6.42 Å². The maximum atomic E-state index is 12.9. The first-order valence-electron chi connectivity index (χ1n) is 9.17. The largest absolute Gasteiger partial charge is 0.508 e. The number of aliphatic hydroxyl groups is 3. The second kappa shape index (κ2) is 8.78. The molecule has 0 amide bonds. The van der Waals surface area contributed by atoms with E-state index in [4.69, 9.17) is 0 Å². The minimum atomic E-state index is -2.16. The predicted molar refractivity (Wildman–Crippen MR) is 102 cm³/mol. The number of carbonyl (C=O) groups excluding carboxylic acids is 2. The zero-order valence-corrected chi connectivity index (χ0v) is 16.7. The standard InChI is InChI=1S/C21H32O5/c1-7-14(6)18(23)17-19(24)15(10-8-12(2)3)21(26,20(17)25)16(22)11-9-13(4)5/h8-9,14-16,22,25-26H,7,10-11H2,1-6H3/t14?,15-,16+,21?/m1/s1. The maximum absolute atomic E-state index is 12.9. The Morgan fingerprint density at radius 3 is 2.19 bits per heavy atom. The Morgan fingerprint density at radius 1 is 1.19 bits per heavy atom. The summed E-state index contributed by atoms with van der Waals surface area (Å²) in [6.07, 6.45) is 2.84. The normalized spacial score (nSPS) is 25.1. The molecular formula is C21H32O5. The van der Waals surface area contributed by atoms with Crippen LogP contribution in [0.4, 0.5) is 0 Å². The molecule has 5 nitrogen and oxygen atoms in total. The van der Waals surface area contributed by atoms with Crippen LogP contribution in [0.3, 0.4) is 0 Å². The number of rotatable bonds is 8. The highest BCUT2D eigenvalue weighted by Crippen LogP contribution is 2.43. The fourth-order valence-corrected chi connectivity index (χ4v) is 3.08. The highest BCUT2D eigenvalue weighted by molar-refractivity contribution is 6.24. The summed E-state index contributed by atoms with van der Waals surface area (Å²) in [7, 11) is 0. The van der Waals surface area contributed by atoms with Gasteiger partial charge in [-0.2, -0.15) is 0 Å². The third kappa shape index (κ3) is 4.33. The van der Waals surface area contributed by atoms with E-state index in [1.54, 1.807) is 19.1 Å². The maximum Gasteiger partial charge on any atom is 0.176 e. The topological polar surface area (TPSA) is 94.8 Å². The smallest absolute Gasteiger partial charge is 0.176 e. The molecule has 0 aliphatic heterocycles. The third-order valence-electron chi connectivity index (χ3n) is 5.04. The van der Waals surface area contributed by atoms with Crippen LogP contribution in [0.25, 0.3) is 0 Å². The first-order chi connectivity index (χ1) is 12.0. The van der Waals surface area contributed by atoms with Gasteiger partial charge in [0.25, 0.3) is 0 Å².